The van der Waals surface area contributed by atoms with Crippen molar-refractivity contribution in [1.29, 1.82) is 0 Å². The number of ether oxygens (including phenoxy) is 3. The standard InChI is InChI=1S/C32H27BrN2O6S/c1-3-40-27-15-22(26(33)17-28(27)41-19-21-9-6-8-20-7-4-5-10-25(20)21)16-29-31(37)35(32(38)42-29)18-30(36)34-23-11-13-24(39-2)14-12-23/h4-17H,3,18-19H2,1-2H3,(H,34,36)/b29-16+. The Morgan fingerprint density at radius 2 is 1.71 bits per heavy atom. The summed E-state index contributed by atoms with van der Waals surface area (Å²) in [6.07, 6.45) is 1.60. The molecule has 0 unspecified atom stereocenters. The Labute approximate surface area is 255 Å². The van der Waals surface area contributed by atoms with Gasteiger partial charge in [-0.1, -0.05) is 58.4 Å². The summed E-state index contributed by atoms with van der Waals surface area (Å²) >= 11 is 4.35. The monoisotopic (exact) mass is 646 g/mol. The molecule has 1 fully saturated rings. The molecule has 1 heterocycles. The van der Waals surface area contributed by atoms with Crippen LogP contribution < -0.4 is 19.5 Å². The van der Waals surface area contributed by atoms with Gasteiger partial charge in [0.05, 0.1) is 18.6 Å². The molecule has 4 aromatic carbocycles. The predicted molar refractivity (Wildman–Crippen MR) is 168 cm³/mol. The lowest BCUT2D eigenvalue weighted by molar-refractivity contribution is -0.127. The van der Waals surface area contributed by atoms with Crippen LogP contribution in [-0.4, -0.2) is 42.2 Å². The van der Waals surface area contributed by atoms with Gasteiger partial charge in [-0.3, -0.25) is 19.3 Å². The van der Waals surface area contributed by atoms with Gasteiger partial charge in [-0.05, 0) is 83.1 Å². The molecule has 1 aliphatic rings. The molecule has 1 aliphatic heterocycles. The van der Waals surface area contributed by atoms with Crippen LogP contribution in [-0.2, 0) is 16.2 Å². The van der Waals surface area contributed by atoms with Crippen LogP contribution in [0.4, 0.5) is 10.5 Å². The smallest absolute Gasteiger partial charge is 0.294 e. The molecule has 42 heavy (non-hydrogen) atoms. The van der Waals surface area contributed by atoms with Crippen LogP contribution in [0.1, 0.15) is 18.1 Å². The van der Waals surface area contributed by atoms with E-state index in [1.54, 1.807) is 49.6 Å². The third-order valence-electron chi connectivity index (χ3n) is 6.46. The lowest BCUT2D eigenvalue weighted by Gasteiger charge is -2.15. The summed E-state index contributed by atoms with van der Waals surface area (Å²) in [5.74, 6) is 0.654. The lowest BCUT2D eigenvalue weighted by Crippen LogP contribution is -2.36. The van der Waals surface area contributed by atoms with E-state index in [1.165, 1.54) is 0 Å². The summed E-state index contributed by atoms with van der Waals surface area (Å²) in [6.45, 7) is 2.22. The zero-order chi connectivity index (χ0) is 29.6. The second kappa shape index (κ2) is 13.1. The van der Waals surface area contributed by atoms with Crippen molar-refractivity contribution in [1.82, 2.24) is 4.90 Å². The number of imide groups is 1. The van der Waals surface area contributed by atoms with Crippen molar-refractivity contribution in [3.63, 3.8) is 0 Å². The van der Waals surface area contributed by atoms with E-state index in [-0.39, 0.29) is 4.91 Å². The van der Waals surface area contributed by atoms with Crippen molar-refractivity contribution in [3.05, 3.63) is 99.4 Å². The van der Waals surface area contributed by atoms with Crippen molar-refractivity contribution in [2.45, 2.75) is 13.5 Å². The Bertz CT molecular complexity index is 1680. The molecule has 0 spiro atoms. The van der Waals surface area contributed by atoms with Gasteiger partial charge >= 0.3 is 0 Å². The molecule has 1 N–H and O–H groups in total. The van der Waals surface area contributed by atoms with Crippen LogP contribution in [0.3, 0.4) is 0 Å². The van der Waals surface area contributed by atoms with E-state index in [2.05, 4.69) is 39.4 Å². The number of anilines is 1. The zero-order valence-corrected chi connectivity index (χ0v) is 25.3. The minimum Gasteiger partial charge on any atom is -0.497 e. The van der Waals surface area contributed by atoms with Crippen LogP contribution >= 0.6 is 27.7 Å². The topological polar surface area (TPSA) is 94.2 Å². The van der Waals surface area contributed by atoms with Gasteiger partial charge in [0, 0.05) is 10.2 Å². The number of hydrogen-bond donors (Lipinski definition) is 1. The molecule has 214 valence electrons. The largest absolute Gasteiger partial charge is 0.497 e. The van der Waals surface area contributed by atoms with Crippen molar-refractivity contribution in [3.8, 4) is 17.2 Å². The molecule has 1 saturated heterocycles. The van der Waals surface area contributed by atoms with Crippen LogP contribution in [0.2, 0.25) is 0 Å². The number of rotatable bonds is 10. The zero-order valence-electron chi connectivity index (χ0n) is 22.9. The average Bonchev–Trinajstić information content (AvgIpc) is 3.25. The Hall–Kier alpha value is -4.28. The average molecular weight is 648 g/mol. The van der Waals surface area contributed by atoms with Crippen molar-refractivity contribution < 1.29 is 28.6 Å². The summed E-state index contributed by atoms with van der Waals surface area (Å²) in [7, 11) is 1.55. The Kier molecular flexibility index (Phi) is 9.14. The lowest BCUT2D eigenvalue weighted by atomic mass is 10.1. The fourth-order valence-corrected chi connectivity index (χ4v) is 5.68. The van der Waals surface area contributed by atoms with Crippen molar-refractivity contribution >= 4 is 67.3 Å². The van der Waals surface area contributed by atoms with E-state index < -0.39 is 23.6 Å². The summed E-state index contributed by atoms with van der Waals surface area (Å²) in [5.41, 5.74) is 2.20. The molecule has 0 saturated carbocycles. The molecule has 5 rings (SSSR count). The minimum atomic E-state index is -0.545. The number of carbonyl (C=O) groups is 3. The molecule has 0 aliphatic carbocycles. The number of methoxy groups -OCH3 is 1. The van der Waals surface area contributed by atoms with Crippen LogP contribution in [0.15, 0.2) is 88.2 Å². The highest BCUT2D eigenvalue weighted by Crippen LogP contribution is 2.38. The van der Waals surface area contributed by atoms with Gasteiger partial charge < -0.3 is 19.5 Å². The van der Waals surface area contributed by atoms with Crippen LogP contribution in [0.5, 0.6) is 17.2 Å². The predicted octanol–water partition coefficient (Wildman–Crippen LogP) is 7.26. The normalized spacial score (nSPS) is 14.0. The molecule has 0 radical (unpaired) electrons. The highest BCUT2D eigenvalue weighted by Gasteiger charge is 2.36. The summed E-state index contributed by atoms with van der Waals surface area (Å²) in [6, 6.07) is 24.5. The van der Waals surface area contributed by atoms with Gasteiger partial charge in [0.15, 0.2) is 11.5 Å². The van der Waals surface area contributed by atoms with E-state index in [4.69, 9.17) is 14.2 Å². The third kappa shape index (κ3) is 6.61. The first-order chi connectivity index (χ1) is 20.4. The molecular formula is C32H27BrN2O6S. The second-order valence-corrected chi connectivity index (χ2v) is 11.1. The SMILES string of the molecule is CCOc1cc(/C=C2/SC(=O)N(CC(=O)Nc3ccc(OC)cc3)C2=O)c(Br)cc1OCc1cccc2ccccc12. The number of nitrogens with one attached hydrogen (secondary N) is 1. The first kappa shape index (κ1) is 29.2. The van der Waals surface area contributed by atoms with Crippen LogP contribution in [0.25, 0.3) is 16.8 Å². The number of benzene rings is 4. The van der Waals surface area contributed by atoms with Gasteiger partial charge in [0.1, 0.15) is 18.9 Å². The summed E-state index contributed by atoms with van der Waals surface area (Å²) < 4.78 is 17.8. The molecule has 0 atom stereocenters. The van der Waals surface area contributed by atoms with Gasteiger partial charge in [0.25, 0.3) is 11.1 Å². The van der Waals surface area contributed by atoms with E-state index in [0.717, 1.165) is 33.0 Å². The molecule has 0 aromatic heterocycles. The molecule has 10 heteroatoms. The Balaban J connectivity index is 1.31. The van der Waals surface area contributed by atoms with E-state index in [9.17, 15) is 14.4 Å². The summed E-state index contributed by atoms with van der Waals surface area (Å²) in [4.78, 5) is 39.4. The quantitative estimate of drug-likeness (QED) is 0.181. The maximum absolute atomic E-state index is 13.1. The number of amides is 3. The highest BCUT2D eigenvalue weighted by atomic mass is 79.9. The third-order valence-corrected chi connectivity index (χ3v) is 8.06. The Morgan fingerprint density at radius 3 is 2.48 bits per heavy atom. The van der Waals surface area contributed by atoms with Gasteiger partial charge in [0.2, 0.25) is 5.91 Å². The number of thioether (sulfide) groups is 1. The molecular weight excluding hydrogens is 620 g/mol. The van der Waals surface area contributed by atoms with E-state index in [1.807, 2.05) is 31.2 Å². The number of fused-ring (bicyclic) bond motifs is 1. The van der Waals surface area contributed by atoms with E-state index in [0.29, 0.717) is 46.2 Å². The van der Waals surface area contributed by atoms with Gasteiger partial charge in [-0.15, -0.1) is 0 Å². The first-order valence-corrected chi connectivity index (χ1v) is 14.7. The fraction of sp³-hybridized carbons (Fsp3) is 0.156. The maximum atomic E-state index is 13.1. The number of hydrogen-bond acceptors (Lipinski definition) is 7. The summed E-state index contributed by atoms with van der Waals surface area (Å²) in [5, 5.41) is 4.41. The Morgan fingerprint density at radius 1 is 0.976 bits per heavy atom. The first-order valence-electron chi connectivity index (χ1n) is 13.1. The van der Waals surface area contributed by atoms with Gasteiger partial charge in [-0.2, -0.15) is 0 Å². The fourth-order valence-electron chi connectivity index (χ4n) is 4.41. The highest BCUT2D eigenvalue weighted by molar-refractivity contribution is 9.10. The van der Waals surface area contributed by atoms with Crippen LogP contribution in [0, 0.1) is 0 Å². The van der Waals surface area contributed by atoms with E-state index >= 15 is 0 Å². The second-order valence-electron chi connectivity index (χ2n) is 9.22. The molecule has 8 nitrogen and oxygen atoms in total. The van der Waals surface area contributed by atoms with Crippen molar-refractivity contribution in [2.75, 3.05) is 25.6 Å². The maximum Gasteiger partial charge on any atom is 0.294 e. The number of nitrogens with zero attached hydrogens (tertiary/aromatic N) is 1. The van der Waals surface area contributed by atoms with Gasteiger partial charge in [-0.25, -0.2) is 0 Å². The van der Waals surface area contributed by atoms with Crippen molar-refractivity contribution in [2.24, 2.45) is 0 Å². The number of halogens is 1. The minimum absolute atomic E-state index is 0.199. The molecule has 4 aromatic rings. The molecule has 0 bridgehead atoms. The molecule has 3 amide bonds. The number of carbonyl (C=O) groups excluding carboxylic acids is 3.